The standard InChI is InChI=1S/C23H23ClN4O3/c1-2-31-23(30)18-14-25-19-6-4-3-5-17(19)21(18)28-11-9-15(10-12-28)22(29)27-20-8-7-16(24)13-26-20/h3-8,13-15H,2,9-12H2,1H3,(H,26,27,29). The second kappa shape index (κ2) is 9.31. The molecular weight excluding hydrogens is 416 g/mol. The lowest BCUT2D eigenvalue weighted by atomic mass is 9.94. The normalized spacial score (nSPS) is 14.5. The Morgan fingerprint density at radius 2 is 1.90 bits per heavy atom. The molecule has 1 amide bonds. The van der Waals surface area contributed by atoms with E-state index in [1.807, 2.05) is 24.3 Å². The monoisotopic (exact) mass is 438 g/mol. The zero-order valence-corrected chi connectivity index (χ0v) is 17.9. The zero-order valence-electron chi connectivity index (χ0n) is 17.2. The fourth-order valence-corrected chi connectivity index (χ4v) is 3.98. The summed E-state index contributed by atoms with van der Waals surface area (Å²) < 4.78 is 5.26. The molecule has 8 heteroatoms. The molecular formula is C23H23ClN4O3. The lowest BCUT2D eigenvalue weighted by Crippen LogP contribution is -2.39. The van der Waals surface area contributed by atoms with Crippen molar-refractivity contribution in [2.75, 3.05) is 29.9 Å². The van der Waals surface area contributed by atoms with Crippen molar-refractivity contribution in [2.24, 2.45) is 5.92 Å². The van der Waals surface area contributed by atoms with Crippen LogP contribution in [0.1, 0.15) is 30.1 Å². The summed E-state index contributed by atoms with van der Waals surface area (Å²) in [6.45, 7) is 3.37. The summed E-state index contributed by atoms with van der Waals surface area (Å²) in [6.07, 6.45) is 4.42. The van der Waals surface area contributed by atoms with Gasteiger partial charge >= 0.3 is 5.97 Å². The van der Waals surface area contributed by atoms with Crippen LogP contribution in [-0.4, -0.2) is 41.5 Å². The second-order valence-electron chi connectivity index (χ2n) is 7.37. The first-order valence-electron chi connectivity index (χ1n) is 10.3. The van der Waals surface area contributed by atoms with E-state index in [-0.39, 0.29) is 17.8 Å². The molecule has 2 aromatic heterocycles. The average Bonchev–Trinajstić information content (AvgIpc) is 2.80. The molecule has 1 aliphatic rings. The zero-order chi connectivity index (χ0) is 21.8. The van der Waals surface area contributed by atoms with Crippen LogP contribution in [0, 0.1) is 5.92 Å². The number of hydrogen-bond donors (Lipinski definition) is 1. The first kappa shape index (κ1) is 21.1. The predicted octanol–water partition coefficient (Wildman–Crippen LogP) is 4.32. The van der Waals surface area contributed by atoms with Crippen LogP contribution in [0.25, 0.3) is 10.9 Å². The van der Waals surface area contributed by atoms with E-state index in [0.29, 0.717) is 48.9 Å². The first-order chi connectivity index (χ1) is 15.1. The van der Waals surface area contributed by atoms with Gasteiger partial charge in [0, 0.05) is 36.8 Å². The van der Waals surface area contributed by atoms with E-state index >= 15 is 0 Å². The number of anilines is 2. The van der Waals surface area contributed by atoms with Gasteiger partial charge in [-0.2, -0.15) is 0 Å². The highest BCUT2D eigenvalue weighted by molar-refractivity contribution is 6.30. The Hall–Kier alpha value is -3.19. The van der Waals surface area contributed by atoms with Gasteiger partial charge in [0.05, 0.1) is 22.8 Å². The van der Waals surface area contributed by atoms with Crippen molar-refractivity contribution in [3.8, 4) is 0 Å². The third-order valence-electron chi connectivity index (χ3n) is 5.40. The number of ether oxygens (including phenoxy) is 1. The van der Waals surface area contributed by atoms with Gasteiger partial charge in [0.2, 0.25) is 5.91 Å². The molecule has 0 atom stereocenters. The van der Waals surface area contributed by atoms with Gasteiger partial charge < -0.3 is 15.0 Å². The molecule has 0 radical (unpaired) electrons. The van der Waals surface area contributed by atoms with Gasteiger partial charge in [0.15, 0.2) is 0 Å². The smallest absolute Gasteiger partial charge is 0.341 e. The topological polar surface area (TPSA) is 84.4 Å². The van der Waals surface area contributed by atoms with Crippen molar-refractivity contribution in [1.29, 1.82) is 0 Å². The summed E-state index contributed by atoms with van der Waals surface area (Å²) >= 11 is 5.85. The molecule has 1 N–H and O–H groups in total. The highest BCUT2D eigenvalue weighted by Crippen LogP contribution is 2.33. The van der Waals surface area contributed by atoms with E-state index in [4.69, 9.17) is 16.3 Å². The van der Waals surface area contributed by atoms with Crippen LogP contribution in [0.3, 0.4) is 0 Å². The van der Waals surface area contributed by atoms with Crippen LogP contribution in [0.2, 0.25) is 5.02 Å². The largest absolute Gasteiger partial charge is 0.462 e. The fourth-order valence-electron chi connectivity index (χ4n) is 3.87. The second-order valence-corrected chi connectivity index (χ2v) is 7.81. The molecule has 0 saturated carbocycles. The Morgan fingerprint density at radius 1 is 1.13 bits per heavy atom. The number of nitrogens with zero attached hydrogens (tertiary/aromatic N) is 3. The van der Waals surface area contributed by atoms with Gasteiger partial charge in [-0.15, -0.1) is 0 Å². The molecule has 1 aromatic carbocycles. The number of carbonyl (C=O) groups is 2. The maximum Gasteiger partial charge on any atom is 0.341 e. The third kappa shape index (κ3) is 4.61. The molecule has 4 rings (SSSR count). The van der Waals surface area contributed by atoms with Gasteiger partial charge in [0.25, 0.3) is 0 Å². The van der Waals surface area contributed by atoms with Gasteiger partial charge in [-0.3, -0.25) is 9.78 Å². The first-order valence-corrected chi connectivity index (χ1v) is 10.7. The van der Waals surface area contributed by atoms with E-state index in [1.165, 1.54) is 6.20 Å². The number of rotatable bonds is 5. The van der Waals surface area contributed by atoms with Crippen LogP contribution in [-0.2, 0) is 9.53 Å². The molecule has 0 bridgehead atoms. The number of pyridine rings is 2. The Kier molecular flexibility index (Phi) is 6.32. The van der Waals surface area contributed by atoms with Gasteiger partial charge in [-0.25, -0.2) is 9.78 Å². The minimum Gasteiger partial charge on any atom is -0.462 e. The molecule has 1 fully saturated rings. The average molecular weight is 439 g/mol. The van der Waals surface area contributed by atoms with E-state index in [9.17, 15) is 9.59 Å². The van der Waals surface area contributed by atoms with Crippen molar-refractivity contribution in [2.45, 2.75) is 19.8 Å². The Labute approximate surface area is 185 Å². The number of aromatic nitrogens is 2. The number of halogens is 1. The quantitative estimate of drug-likeness (QED) is 0.597. The van der Waals surface area contributed by atoms with E-state index in [2.05, 4.69) is 20.2 Å². The number of fused-ring (bicyclic) bond motifs is 1. The van der Waals surface area contributed by atoms with E-state index < -0.39 is 0 Å². The molecule has 31 heavy (non-hydrogen) atoms. The minimum atomic E-state index is -0.385. The van der Waals surface area contributed by atoms with E-state index in [1.54, 1.807) is 25.3 Å². The fraction of sp³-hybridized carbons (Fsp3) is 0.304. The number of para-hydroxylation sites is 1. The highest BCUT2D eigenvalue weighted by Gasteiger charge is 2.29. The minimum absolute atomic E-state index is 0.0559. The summed E-state index contributed by atoms with van der Waals surface area (Å²) in [5.74, 6) is -0.0847. The number of carbonyl (C=O) groups excluding carboxylic acids is 2. The summed E-state index contributed by atoms with van der Waals surface area (Å²) in [7, 11) is 0. The van der Waals surface area contributed by atoms with Crippen LogP contribution in [0.4, 0.5) is 11.5 Å². The molecule has 7 nitrogen and oxygen atoms in total. The Balaban J connectivity index is 1.52. The highest BCUT2D eigenvalue weighted by atomic mass is 35.5. The maximum atomic E-state index is 12.7. The number of amides is 1. The third-order valence-corrected chi connectivity index (χ3v) is 5.63. The SMILES string of the molecule is CCOC(=O)c1cnc2ccccc2c1N1CCC(C(=O)Nc2ccc(Cl)cn2)CC1. The van der Waals surface area contributed by atoms with Gasteiger partial charge in [-0.05, 0) is 38.0 Å². The lowest BCUT2D eigenvalue weighted by molar-refractivity contribution is -0.120. The van der Waals surface area contributed by atoms with Crippen LogP contribution >= 0.6 is 11.6 Å². The van der Waals surface area contributed by atoms with Crippen molar-refractivity contribution in [3.05, 3.63) is 59.4 Å². The van der Waals surface area contributed by atoms with Crippen molar-refractivity contribution < 1.29 is 14.3 Å². The number of nitrogens with one attached hydrogen (secondary N) is 1. The molecule has 0 unspecified atom stereocenters. The van der Waals surface area contributed by atoms with E-state index in [0.717, 1.165) is 16.6 Å². The van der Waals surface area contributed by atoms with Gasteiger partial charge in [0.1, 0.15) is 11.4 Å². The molecule has 3 heterocycles. The molecule has 1 aliphatic heterocycles. The lowest BCUT2D eigenvalue weighted by Gasteiger charge is -2.34. The maximum absolute atomic E-state index is 12.7. The van der Waals surface area contributed by atoms with Crippen molar-refractivity contribution in [1.82, 2.24) is 9.97 Å². The summed E-state index contributed by atoms with van der Waals surface area (Å²) in [5.41, 5.74) is 2.09. The molecule has 0 spiro atoms. The van der Waals surface area contributed by atoms with Crippen LogP contribution in [0.5, 0.6) is 0 Å². The molecule has 160 valence electrons. The number of esters is 1. The van der Waals surface area contributed by atoms with Gasteiger partial charge in [-0.1, -0.05) is 29.8 Å². The summed E-state index contributed by atoms with van der Waals surface area (Å²) in [6, 6.07) is 11.1. The number of piperidine rings is 1. The molecule has 1 saturated heterocycles. The number of hydrogen-bond acceptors (Lipinski definition) is 6. The number of benzene rings is 1. The Morgan fingerprint density at radius 3 is 2.61 bits per heavy atom. The summed E-state index contributed by atoms with van der Waals surface area (Å²) in [4.78, 5) is 36.0. The van der Waals surface area contributed by atoms with Crippen LogP contribution in [0.15, 0.2) is 48.8 Å². The molecule has 3 aromatic rings. The predicted molar refractivity (Wildman–Crippen MR) is 121 cm³/mol. The molecule has 0 aliphatic carbocycles. The summed E-state index contributed by atoms with van der Waals surface area (Å²) in [5, 5.41) is 4.28. The van der Waals surface area contributed by atoms with Crippen molar-refractivity contribution in [3.63, 3.8) is 0 Å². The Bertz CT molecular complexity index is 1100. The van der Waals surface area contributed by atoms with Crippen LogP contribution < -0.4 is 10.2 Å². The van der Waals surface area contributed by atoms with Crippen molar-refractivity contribution >= 4 is 45.9 Å².